The van der Waals surface area contributed by atoms with Crippen molar-refractivity contribution in [2.45, 2.75) is 6.54 Å². The monoisotopic (exact) mass is 335 g/mol. The van der Waals surface area contributed by atoms with Crippen LogP contribution in [-0.4, -0.2) is 36.8 Å². The zero-order valence-corrected chi connectivity index (χ0v) is 13.6. The second-order valence-corrected chi connectivity index (χ2v) is 5.86. The van der Waals surface area contributed by atoms with Crippen LogP contribution in [0, 0.1) is 0 Å². The lowest BCUT2D eigenvalue weighted by Gasteiger charge is -2.20. The van der Waals surface area contributed by atoms with Gasteiger partial charge in [0.05, 0.1) is 23.9 Å². The Morgan fingerprint density at radius 2 is 1.96 bits per heavy atom. The number of benzene rings is 2. The van der Waals surface area contributed by atoms with Crippen molar-refractivity contribution in [1.82, 2.24) is 19.5 Å². The Bertz CT molecular complexity index is 1000. The van der Waals surface area contributed by atoms with Crippen molar-refractivity contribution in [2.24, 2.45) is 0 Å². The molecule has 126 valence electrons. The third-order valence-corrected chi connectivity index (χ3v) is 4.08. The minimum atomic E-state index is 0.0287. The van der Waals surface area contributed by atoms with Crippen LogP contribution in [0.5, 0.6) is 11.5 Å². The smallest absolute Gasteiger partial charge is 0.142 e. The summed E-state index contributed by atoms with van der Waals surface area (Å²) in [5.74, 6) is 0.796. The Balaban J connectivity index is 1.64. The molecule has 0 atom stereocenters. The lowest BCUT2D eigenvalue weighted by Crippen LogP contribution is -2.17. The number of para-hydroxylation sites is 1. The van der Waals surface area contributed by atoms with E-state index in [-0.39, 0.29) is 11.5 Å². The van der Waals surface area contributed by atoms with Gasteiger partial charge in [0.1, 0.15) is 23.0 Å². The third kappa shape index (κ3) is 2.76. The van der Waals surface area contributed by atoms with E-state index in [0.717, 1.165) is 22.5 Å². The van der Waals surface area contributed by atoms with Gasteiger partial charge in [-0.15, -0.1) is 0 Å². The SMILES string of the molecule is CN(Cc1nc2cc(-n3ccnc3)ccc2[nH]1)c1c(O)cccc1O. The summed E-state index contributed by atoms with van der Waals surface area (Å²) >= 11 is 0. The van der Waals surface area contributed by atoms with E-state index in [1.807, 2.05) is 29.0 Å². The molecule has 0 fully saturated rings. The number of imidazole rings is 2. The molecule has 2 heterocycles. The summed E-state index contributed by atoms with van der Waals surface area (Å²) in [5.41, 5.74) is 3.13. The Morgan fingerprint density at radius 1 is 1.16 bits per heavy atom. The number of nitrogens with one attached hydrogen (secondary N) is 1. The topological polar surface area (TPSA) is 90.2 Å². The van der Waals surface area contributed by atoms with E-state index in [4.69, 9.17) is 0 Å². The molecule has 0 saturated heterocycles. The molecule has 0 bridgehead atoms. The molecule has 2 aromatic heterocycles. The fourth-order valence-corrected chi connectivity index (χ4v) is 2.91. The van der Waals surface area contributed by atoms with E-state index in [1.54, 1.807) is 42.7 Å². The van der Waals surface area contributed by atoms with Crippen LogP contribution in [0.15, 0.2) is 55.1 Å². The van der Waals surface area contributed by atoms with E-state index in [1.165, 1.54) is 0 Å². The first kappa shape index (κ1) is 15.1. The molecule has 0 aliphatic rings. The van der Waals surface area contributed by atoms with Crippen LogP contribution in [0.3, 0.4) is 0 Å². The molecular weight excluding hydrogens is 318 g/mol. The van der Waals surface area contributed by atoms with E-state index in [0.29, 0.717) is 12.2 Å². The molecule has 4 rings (SSSR count). The van der Waals surface area contributed by atoms with Crippen LogP contribution in [0.2, 0.25) is 0 Å². The predicted octanol–water partition coefficient (Wildman–Crippen LogP) is 2.80. The molecule has 7 heteroatoms. The third-order valence-electron chi connectivity index (χ3n) is 4.08. The molecule has 0 unspecified atom stereocenters. The number of hydrogen-bond donors (Lipinski definition) is 3. The lowest BCUT2D eigenvalue weighted by molar-refractivity contribution is 0.450. The lowest BCUT2D eigenvalue weighted by atomic mass is 10.2. The molecule has 7 nitrogen and oxygen atoms in total. The van der Waals surface area contributed by atoms with Gasteiger partial charge < -0.3 is 24.7 Å². The highest BCUT2D eigenvalue weighted by molar-refractivity contribution is 5.77. The molecule has 0 aliphatic heterocycles. The number of phenolic OH excluding ortho intramolecular Hbond substituents is 2. The fraction of sp³-hybridized carbons (Fsp3) is 0.111. The first-order chi connectivity index (χ1) is 12.1. The summed E-state index contributed by atoms with van der Waals surface area (Å²) in [5, 5.41) is 20.0. The maximum absolute atomic E-state index is 9.98. The van der Waals surface area contributed by atoms with E-state index in [2.05, 4.69) is 15.0 Å². The first-order valence-electron chi connectivity index (χ1n) is 7.81. The van der Waals surface area contributed by atoms with Crippen molar-refractivity contribution in [3.63, 3.8) is 0 Å². The minimum absolute atomic E-state index is 0.0287. The largest absolute Gasteiger partial charge is 0.506 e. The summed E-state index contributed by atoms with van der Waals surface area (Å²) in [6, 6.07) is 10.6. The Labute approximate surface area is 143 Å². The number of phenols is 2. The summed E-state index contributed by atoms with van der Waals surface area (Å²) in [6.07, 6.45) is 5.35. The number of nitrogens with zero attached hydrogens (tertiary/aromatic N) is 4. The van der Waals surface area contributed by atoms with Crippen molar-refractivity contribution in [1.29, 1.82) is 0 Å². The standard InChI is InChI=1S/C18H17N5O2/c1-22(18-15(24)3-2-4-16(18)25)10-17-20-13-6-5-12(9-14(13)21-17)23-8-7-19-11-23/h2-9,11,24-25H,10H2,1H3,(H,20,21). The highest BCUT2D eigenvalue weighted by atomic mass is 16.3. The highest BCUT2D eigenvalue weighted by Gasteiger charge is 2.14. The van der Waals surface area contributed by atoms with Gasteiger partial charge in [-0.2, -0.15) is 0 Å². The molecule has 0 spiro atoms. The summed E-state index contributed by atoms with van der Waals surface area (Å²) in [7, 11) is 1.79. The molecule has 0 amide bonds. The average Bonchev–Trinajstić information content (AvgIpc) is 3.23. The van der Waals surface area contributed by atoms with Crippen LogP contribution in [0.25, 0.3) is 16.7 Å². The number of aromatic nitrogens is 4. The maximum Gasteiger partial charge on any atom is 0.142 e. The number of aromatic amines is 1. The second kappa shape index (κ2) is 5.86. The number of rotatable bonds is 4. The summed E-state index contributed by atoms with van der Waals surface area (Å²) < 4.78 is 1.92. The van der Waals surface area contributed by atoms with Gasteiger partial charge in [0, 0.05) is 25.1 Å². The molecule has 3 N–H and O–H groups in total. The predicted molar refractivity (Wildman–Crippen MR) is 95.1 cm³/mol. The van der Waals surface area contributed by atoms with Crippen molar-refractivity contribution in [3.8, 4) is 17.2 Å². The van der Waals surface area contributed by atoms with E-state index in [9.17, 15) is 10.2 Å². The Morgan fingerprint density at radius 3 is 2.68 bits per heavy atom. The molecule has 0 saturated carbocycles. The summed E-state index contributed by atoms with van der Waals surface area (Å²) in [6.45, 7) is 0.417. The molecular formula is C18H17N5O2. The molecule has 2 aromatic carbocycles. The van der Waals surface area contributed by atoms with Crippen LogP contribution in [0.1, 0.15) is 5.82 Å². The number of fused-ring (bicyclic) bond motifs is 1. The first-order valence-corrected chi connectivity index (χ1v) is 7.81. The molecule has 4 aromatic rings. The van der Waals surface area contributed by atoms with Gasteiger partial charge in [0.2, 0.25) is 0 Å². The van der Waals surface area contributed by atoms with Gasteiger partial charge in [0.15, 0.2) is 0 Å². The number of aromatic hydroxyl groups is 2. The van der Waals surface area contributed by atoms with Crippen LogP contribution < -0.4 is 4.90 Å². The van der Waals surface area contributed by atoms with Gasteiger partial charge in [-0.3, -0.25) is 0 Å². The number of anilines is 1. The molecule has 0 aliphatic carbocycles. The van der Waals surface area contributed by atoms with Gasteiger partial charge in [0.25, 0.3) is 0 Å². The van der Waals surface area contributed by atoms with Gasteiger partial charge in [-0.05, 0) is 30.3 Å². The van der Waals surface area contributed by atoms with Crippen molar-refractivity contribution < 1.29 is 10.2 Å². The van der Waals surface area contributed by atoms with Crippen LogP contribution >= 0.6 is 0 Å². The number of hydrogen-bond acceptors (Lipinski definition) is 5. The average molecular weight is 335 g/mol. The van der Waals surface area contributed by atoms with Crippen molar-refractivity contribution >= 4 is 16.7 Å². The normalized spacial score (nSPS) is 11.1. The Hall–Kier alpha value is -3.48. The zero-order valence-electron chi connectivity index (χ0n) is 13.6. The molecule has 25 heavy (non-hydrogen) atoms. The van der Waals surface area contributed by atoms with Gasteiger partial charge in [-0.25, -0.2) is 9.97 Å². The fourth-order valence-electron chi connectivity index (χ4n) is 2.91. The second-order valence-electron chi connectivity index (χ2n) is 5.86. The maximum atomic E-state index is 9.98. The van der Waals surface area contributed by atoms with Crippen molar-refractivity contribution in [3.05, 3.63) is 60.9 Å². The van der Waals surface area contributed by atoms with Crippen molar-refractivity contribution in [2.75, 3.05) is 11.9 Å². The van der Waals surface area contributed by atoms with Crippen LogP contribution in [0.4, 0.5) is 5.69 Å². The van der Waals surface area contributed by atoms with E-state index >= 15 is 0 Å². The zero-order chi connectivity index (χ0) is 17.4. The van der Waals surface area contributed by atoms with Gasteiger partial charge in [-0.1, -0.05) is 6.07 Å². The summed E-state index contributed by atoms with van der Waals surface area (Å²) in [4.78, 5) is 13.7. The highest BCUT2D eigenvalue weighted by Crippen LogP contribution is 2.35. The number of H-pyrrole nitrogens is 1. The molecule has 0 radical (unpaired) electrons. The van der Waals surface area contributed by atoms with Crippen LogP contribution in [-0.2, 0) is 6.54 Å². The van der Waals surface area contributed by atoms with Gasteiger partial charge >= 0.3 is 0 Å². The quantitative estimate of drug-likeness (QED) is 0.533. The van der Waals surface area contributed by atoms with E-state index < -0.39 is 0 Å². The minimum Gasteiger partial charge on any atom is -0.506 e. The Kier molecular flexibility index (Phi) is 3.53.